The Balaban J connectivity index is 1.89. The molecular weight excluding hydrogens is 444 g/mol. The van der Waals surface area contributed by atoms with E-state index in [1.807, 2.05) is 37.3 Å². The second kappa shape index (κ2) is 13.7. The number of pyridine rings is 1. The molecule has 0 aliphatic heterocycles. The lowest BCUT2D eigenvalue weighted by Gasteiger charge is -2.21. The van der Waals surface area contributed by atoms with Crippen molar-refractivity contribution in [3.05, 3.63) is 48.3 Å². The number of hydrogen-bond donors (Lipinski definition) is 1. The fourth-order valence-corrected chi connectivity index (χ4v) is 2.97. The largest absolute Gasteiger partial charge is 0.493 e. The van der Waals surface area contributed by atoms with E-state index < -0.39 is 30.7 Å². The first-order valence-electron chi connectivity index (χ1n) is 10.8. The normalized spacial score (nSPS) is 12.1. The number of benzene rings is 1. The van der Waals surface area contributed by atoms with Gasteiger partial charge in [-0.2, -0.15) is 0 Å². The quantitative estimate of drug-likeness (QED) is 0.345. The number of hydrogen-bond acceptors (Lipinski definition) is 9. The molecular formula is C24H30N2O8. The maximum atomic E-state index is 12.6. The number of esters is 2. The first kappa shape index (κ1) is 26.4. The maximum Gasteiger partial charge on any atom is 0.325 e. The minimum Gasteiger partial charge on any atom is -0.493 e. The molecule has 2 atom stereocenters. The average molecular weight is 475 g/mol. The summed E-state index contributed by atoms with van der Waals surface area (Å²) in [7, 11) is 1.39. The highest BCUT2D eigenvalue weighted by Crippen LogP contribution is 2.29. The van der Waals surface area contributed by atoms with Crippen LogP contribution in [-0.2, 0) is 19.1 Å². The summed E-state index contributed by atoms with van der Waals surface area (Å²) >= 11 is 0. The van der Waals surface area contributed by atoms with Crippen LogP contribution < -0.4 is 19.5 Å². The molecule has 0 saturated heterocycles. The summed E-state index contributed by atoms with van der Waals surface area (Å²) in [6.45, 7) is 4.18. The summed E-state index contributed by atoms with van der Waals surface area (Å²) in [5.74, 6) is -0.898. The molecule has 0 aliphatic rings. The van der Waals surface area contributed by atoms with Gasteiger partial charge in [0.2, 0.25) is 6.79 Å². The third kappa shape index (κ3) is 8.61. The van der Waals surface area contributed by atoms with E-state index in [4.69, 9.17) is 23.7 Å². The average Bonchev–Trinajstić information content (AvgIpc) is 2.82. The molecule has 1 heterocycles. The molecule has 10 heteroatoms. The van der Waals surface area contributed by atoms with Gasteiger partial charge in [-0.25, -0.2) is 4.98 Å². The van der Waals surface area contributed by atoms with Crippen molar-refractivity contribution in [2.24, 2.45) is 0 Å². The molecule has 1 N–H and O–H groups in total. The van der Waals surface area contributed by atoms with Gasteiger partial charge in [0, 0.05) is 25.6 Å². The topological polar surface area (TPSA) is 122 Å². The molecule has 0 radical (unpaired) electrons. The van der Waals surface area contributed by atoms with Crippen molar-refractivity contribution in [2.75, 3.05) is 20.4 Å². The Kier molecular flexibility index (Phi) is 10.6. The van der Waals surface area contributed by atoms with Gasteiger partial charge in [0.1, 0.15) is 24.5 Å². The number of rotatable bonds is 13. The van der Waals surface area contributed by atoms with E-state index in [1.54, 1.807) is 6.92 Å². The summed E-state index contributed by atoms with van der Waals surface area (Å²) in [5, 5.41) is 2.45. The van der Waals surface area contributed by atoms with E-state index in [1.165, 1.54) is 26.3 Å². The van der Waals surface area contributed by atoms with Crippen LogP contribution in [0.5, 0.6) is 17.2 Å². The fourth-order valence-electron chi connectivity index (χ4n) is 2.97. The number of para-hydroxylation sites is 1. The zero-order valence-electron chi connectivity index (χ0n) is 19.7. The van der Waals surface area contributed by atoms with Crippen LogP contribution in [0.1, 0.15) is 44.1 Å². The van der Waals surface area contributed by atoms with E-state index >= 15 is 0 Å². The zero-order valence-corrected chi connectivity index (χ0v) is 19.7. The van der Waals surface area contributed by atoms with Gasteiger partial charge in [-0.1, -0.05) is 25.1 Å². The molecule has 0 bridgehead atoms. The van der Waals surface area contributed by atoms with Gasteiger partial charge in [-0.15, -0.1) is 0 Å². The smallest absolute Gasteiger partial charge is 0.325 e. The first-order valence-corrected chi connectivity index (χ1v) is 10.8. The summed E-state index contributed by atoms with van der Waals surface area (Å²) in [4.78, 5) is 39.8. The molecule has 10 nitrogen and oxygen atoms in total. The Labute approximate surface area is 198 Å². The molecule has 0 spiro atoms. The number of amides is 1. The lowest BCUT2D eigenvalue weighted by molar-refractivity contribution is -0.148. The second-order valence-electron chi connectivity index (χ2n) is 7.27. The summed E-state index contributed by atoms with van der Waals surface area (Å²) < 4.78 is 26.6. The molecule has 34 heavy (non-hydrogen) atoms. The predicted octanol–water partition coefficient (Wildman–Crippen LogP) is 2.90. The second-order valence-corrected chi connectivity index (χ2v) is 7.27. The molecule has 2 unspecified atom stereocenters. The fraction of sp³-hybridized carbons (Fsp3) is 0.417. The standard InChI is InChI=1S/C24H30N2O8/c1-5-18(34-19-9-7-6-8-10-19)13-16(2)33-21(28)14-26-24(29)22-23(32-15-31-17(3)27)20(30-4)11-12-25-22/h6-12,16,18H,5,13-15H2,1-4H3,(H,26,29). The Morgan fingerprint density at radius 2 is 1.85 bits per heavy atom. The van der Waals surface area contributed by atoms with Crippen LogP contribution in [0, 0.1) is 0 Å². The number of nitrogens with zero attached hydrogens (tertiary/aromatic N) is 1. The summed E-state index contributed by atoms with van der Waals surface area (Å²) in [6.07, 6.45) is 2.04. The highest BCUT2D eigenvalue weighted by Gasteiger charge is 2.21. The monoisotopic (exact) mass is 474 g/mol. The van der Waals surface area contributed by atoms with E-state index in [-0.39, 0.29) is 29.8 Å². The van der Waals surface area contributed by atoms with Crippen molar-refractivity contribution in [1.82, 2.24) is 10.3 Å². The number of carbonyl (C=O) groups excluding carboxylic acids is 3. The summed E-state index contributed by atoms with van der Waals surface area (Å²) in [5.41, 5.74) is -0.130. The number of carbonyl (C=O) groups is 3. The van der Waals surface area contributed by atoms with Gasteiger partial charge in [-0.05, 0) is 25.5 Å². The third-order valence-corrected chi connectivity index (χ3v) is 4.59. The van der Waals surface area contributed by atoms with E-state index in [0.29, 0.717) is 6.42 Å². The van der Waals surface area contributed by atoms with Crippen LogP contribution in [0.3, 0.4) is 0 Å². The van der Waals surface area contributed by atoms with Gasteiger partial charge in [0.05, 0.1) is 7.11 Å². The van der Waals surface area contributed by atoms with Crippen LogP contribution in [-0.4, -0.2) is 55.5 Å². The van der Waals surface area contributed by atoms with Gasteiger partial charge in [0.25, 0.3) is 5.91 Å². The lowest BCUT2D eigenvalue weighted by Crippen LogP contribution is -2.34. The van der Waals surface area contributed by atoms with E-state index in [2.05, 4.69) is 10.3 Å². The predicted molar refractivity (Wildman–Crippen MR) is 122 cm³/mol. The van der Waals surface area contributed by atoms with Crippen molar-refractivity contribution in [3.63, 3.8) is 0 Å². The van der Waals surface area contributed by atoms with Crippen LogP contribution in [0.2, 0.25) is 0 Å². The minimum atomic E-state index is -0.680. The zero-order chi connectivity index (χ0) is 24.9. The van der Waals surface area contributed by atoms with Gasteiger partial charge in [0.15, 0.2) is 17.2 Å². The number of aromatic nitrogens is 1. The third-order valence-electron chi connectivity index (χ3n) is 4.59. The molecule has 0 fully saturated rings. The van der Waals surface area contributed by atoms with Gasteiger partial charge in [-0.3, -0.25) is 14.4 Å². The van der Waals surface area contributed by atoms with Crippen LogP contribution in [0.4, 0.5) is 0 Å². The Morgan fingerprint density at radius 3 is 2.50 bits per heavy atom. The molecule has 184 valence electrons. The van der Waals surface area contributed by atoms with E-state index in [0.717, 1.165) is 12.2 Å². The molecule has 0 saturated carbocycles. The Morgan fingerprint density at radius 1 is 1.12 bits per heavy atom. The molecule has 1 aromatic carbocycles. The summed E-state index contributed by atoms with van der Waals surface area (Å²) in [6, 6.07) is 10.9. The molecule has 1 amide bonds. The highest BCUT2D eigenvalue weighted by atomic mass is 16.7. The lowest BCUT2D eigenvalue weighted by atomic mass is 10.1. The molecule has 2 aromatic rings. The van der Waals surface area contributed by atoms with Crippen molar-refractivity contribution in [2.45, 2.75) is 45.8 Å². The molecule has 2 rings (SSSR count). The number of ether oxygens (including phenoxy) is 5. The van der Waals surface area contributed by atoms with Crippen molar-refractivity contribution in [1.29, 1.82) is 0 Å². The Bertz CT molecular complexity index is 951. The van der Waals surface area contributed by atoms with Crippen LogP contribution in [0.15, 0.2) is 42.6 Å². The minimum absolute atomic E-state index is 0.0191. The number of methoxy groups -OCH3 is 1. The van der Waals surface area contributed by atoms with Gasteiger partial charge >= 0.3 is 11.9 Å². The number of nitrogens with one attached hydrogen (secondary N) is 1. The van der Waals surface area contributed by atoms with Crippen molar-refractivity contribution >= 4 is 17.8 Å². The molecule has 1 aromatic heterocycles. The van der Waals surface area contributed by atoms with Crippen molar-refractivity contribution in [3.8, 4) is 17.2 Å². The van der Waals surface area contributed by atoms with Crippen LogP contribution >= 0.6 is 0 Å². The maximum absolute atomic E-state index is 12.6. The SMILES string of the molecule is CCC(CC(C)OC(=O)CNC(=O)c1nccc(OC)c1OCOC(C)=O)Oc1ccccc1. The molecule has 0 aliphatic carbocycles. The van der Waals surface area contributed by atoms with Gasteiger partial charge < -0.3 is 29.0 Å². The Hall–Kier alpha value is -3.82. The highest BCUT2D eigenvalue weighted by molar-refractivity contribution is 5.97. The van der Waals surface area contributed by atoms with Crippen molar-refractivity contribution < 1.29 is 38.1 Å². The van der Waals surface area contributed by atoms with E-state index in [9.17, 15) is 14.4 Å². The first-order chi connectivity index (χ1) is 16.3. The van der Waals surface area contributed by atoms with Crippen LogP contribution in [0.25, 0.3) is 0 Å².